The SMILES string of the molecule is CN(C)c1ccc(NCc2cscn2)nc1. The van der Waals surface area contributed by atoms with Crippen molar-refractivity contribution in [2.75, 3.05) is 24.3 Å². The Labute approximate surface area is 99.0 Å². The van der Waals surface area contributed by atoms with Crippen LogP contribution in [0.15, 0.2) is 29.2 Å². The zero-order chi connectivity index (χ0) is 11.4. The highest BCUT2D eigenvalue weighted by molar-refractivity contribution is 7.07. The highest BCUT2D eigenvalue weighted by Gasteiger charge is 1.98. The average molecular weight is 234 g/mol. The van der Waals surface area contributed by atoms with Crippen LogP contribution in [0.3, 0.4) is 0 Å². The van der Waals surface area contributed by atoms with Crippen molar-refractivity contribution in [2.24, 2.45) is 0 Å². The summed E-state index contributed by atoms with van der Waals surface area (Å²) in [5.41, 5.74) is 3.97. The molecule has 16 heavy (non-hydrogen) atoms. The summed E-state index contributed by atoms with van der Waals surface area (Å²) in [6, 6.07) is 4.01. The van der Waals surface area contributed by atoms with E-state index in [1.807, 2.05) is 48.2 Å². The first-order chi connectivity index (χ1) is 7.75. The van der Waals surface area contributed by atoms with Crippen molar-refractivity contribution in [3.05, 3.63) is 34.9 Å². The molecular formula is C11H14N4S. The molecule has 2 aromatic rings. The highest BCUT2D eigenvalue weighted by Crippen LogP contribution is 2.12. The van der Waals surface area contributed by atoms with Gasteiger partial charge < -0.3 is 10.2 Å². The summed E-state index contributed by atoms with van der Waals surface area (Å²) in [4.78, 5) is 10.5. The number of hydrogen-bond acceptors (Lipinski definition) is 5. The minimum absolute atomic E-state index is 0.720. The summed E-state index contributed by atoms with van der Waals surface area (Å²) in [6.07, 6.45) is 1.85. The van der Waals surface area contributed by atoms with Gasteiger partial charge in [-0.15, -0.1) is 11.3 Å². The van der Waals surface area contributed by atoms with Gasteiger partial charge in [-0.05, 0) is 12.1 Å². The average Bonchev–Trinajstić information content (AvgIpc) is 2.80. The number of nitrogens with zero attached hydrogens (tertiary/aromatic N) is 3. The van der Waals surface area contributed by atoms with Gasteiger partial charge in [0, 0.05) is 19.5 Å². The molecule has 0 unspecified atom stereocenters. The Kier molecular flexibility index (Phi) is 3.36. The van der Waals surface area contributed by atoms with E-state index < -0.39 is 0 Å². The van der Waals surface area contributed by atoms with E-state index in [4.69, 9.17) is 0 Å². The van der Waals surface area contributed by atoms with E-state index in [1.54, 1.807) is 11.3 Å². The largest absolute Gasteiger partial charge is 0.376 e. The quantitative estimate of drug-likeness (QED) is 0.880. The van der Waals surface area contributed by atoms with Gasteiger partial charge >= 0.3 is 0 Å². The molecule has 0 aliphatic rings. The van der Waals surface area contributed by atoms with Crippen LogP contribution >= 0.6 is 11.3 Å². The van der Waals surface area contributed by atoms with E-state index in [9.17, 15) is 0 Å². The Morgan fingerprint density at radius 2 is 2.19 bits per heavy atom. The first-order valence-electron chi connectivity index (χ1n) is 5.00. The highest BCUT2D eigenvalue weighted by atomic mass is 32.1. The molecule has 0 aromatic carbocycles. The van der Waals surface area contributed by atoms with Gasteiger partial charge in [0.05, 0.1) is 29.6 Å². The third-order valence-electron chi connectivity index (χ3n) is 2.20. The van der Waals surface area contributed by atoms with Crippen molar-refractivity contribution in [2.45, 2.75) is 6.54 Å². The summed E-state index contributed by atoms with van der Waals surface area (Å²) < 4.78 is 0. The first-order valence-corrected chi connectivity index (χ1v) is 5.94. The third-order valence-corrected chi connectivity index (χ3v) is 2.83. The van der Waals surface area contributed by atoms with Gasteiger partial charge in [0.2, 0.25) is 0 Å². The second-order valence-corrected chi connectivity index (χ2v) is 4.35. The fourth-order valence-electron chi connectivity index (χ4n) is 1.26. The summed E-state index contributed by atoms with van der Waals surface area (Å²) in [6.45, 7) is 0.720. The molecule has 0 saturated heterocycles. The minimum atomic E-state index is 0.720. The molecule has 2 rings (SSSR count). The monoisotopic (exact) mass is 234 g/mol. The van der Waals surface area contributed by atoms with Crippen molar-refractivity contribution in [3.8, 4) is 0 Å². The van der Waals surface area contributed by atoms with E-state index in [0.717, 1.165) is 23.7 Å². The Bertz CT molecular complexity index is 422. The molecule has 0 amide bonds. The second-order valence-electron chi connectivity index (χ2n) is 3.63. The van der Waals surface area contributed by atoms with Gasteiger partial charge in [-0.2, -0.15) is 0 Å². The first kappa shape index (κ1) is 10.9. The second kappa shape index (κ2) is 4.94. The smallest absolute Gasteiger partial charge is 0.126 e. The number of thiazole rings is 1. The Morgan fingerprint density at radius 3 is 2.75 bits per heavy atom. The maximum atomic E-state index is 4.32. The Balaban J connectivity index is 1.95. The van der Waals surface area contributed by atoms with Crippen LogP contribution in [0.5, 0.6) is 0 Å². The van der Waals surface area contributed by atoms with Crippen molar-refractivity contribution in [1.82, 2.24) is 9.97 Å². The van der Waals surface area contributed by atoms with Gasteiger partial charge in [0.15, 0.2) is 0 Å². The zero-order valence-electron chi connectivity index (χ0n) is 9.34. The molecule has 0 fully saturated rings. The molecule has 0 bridgehead atoms. The zero-order valence-corrected chi connectivity index (χ0v) is 10.2. The van der Waals surface area contributed by atoms with E-state index in [1.165, 1.54) is 0 Å². The minimum Gasteiger partial charge on any atom is -0.376 e. The molecule has 84 valence electrons. The summed E-state index contributed by atoms with van der Waals surface area (Å²) in [5, 5.41) is 5.26. The predicted octanol–water partition coefficient (Wildman–Crippen LogP) is 2.22. The maximum Gasteiger partial charge on any atom is 0.126 e. The topological polar surface area (TPSA) is 41.0 Å². The number of pyridine rings is 1. The van der Waals surface area contributed by atoms with E-state index in [0.29, 0.717) is 0 Å². The lowest BCUT2D eigenvalue weighted by atomic mass is 10.4. The van der Waals surface area contributed by atoms with Crippen LogP contribution in [-0.4, -0.2) is 24.1 Å². The van der Waals surface area contributed by atoms with Crippen molar-refractivity contribution in [1.29, 1.82) is 0 Å². The lowest BCUT2D eigenvalue weighted by Gasteiger charge is -2.12. The molecule has 2 aromatic heterocycles. The molecule has 0 aliphatic carbocycles. The van der Waals surface area contributed by atoms with E-state index in [2.05, 4.69) is 15.3 Å². The van der Waals surface area contributed by atoms with Crippen LogP contribution in [0.1, 0.15) is 5.69 Å². The molecule has 5 heteroatoms. The molecule has 2 heterocycles. The van der Waals surface area contributed by atoms with Gasteiger partial charge in [-0.3, -0.25) is 0 Å². The summed E-state index contributed by atoms with van der Waals surface area (Å²) in [5.74, 6) is 0.874. The number of hydrogen-bond donors (Lipinski definition) is 1. The molecule has 4 nitrogen and oxygen atoms in total. The third kappa shape index (κ3) is 2.70. The number of nitrogens with one attached hydrogen (secondary N) is 1. The van der Waals surface area contributed by atoms with Crippen LogP contribution in [0.2, 0.25) is 0 Å². The normalized spacial score (nSPS) is 10.1. The maximum absolute atomic E-state index is 4.32. The van der Waals surface area contributed by atoms with Gasteiger partial charge in [0.25, 0.3) is 0 Å². The Morgan fingerprint density at radius 1 is 1.31 bits per heavy atom. The molecular weight excluding hydrogens is 220 g/mol. The number of aromatic nitrogens is 2. The van der Waals surface area contributed by atoms with Gasteiger partial charge in [0.1, 0.15) is 5.82 Å². The van der Waals surface area contributed by atoms with Crippen molar-refractivity contribution < 1.29 is 0 Å². The molecule has 1 N–H and O–H groups in total. The fourth-order valence-corrected chi connectivity index (χ4v) is 1.82. The molecule has 0 radical (unpaired) electrons. The van der Waals surface area contributed by atoms with Crippen molar-refractivity contribution >= 4 is 22.8 Å². The van der Waals surface area contributed by atoms with Crippen LogP contribution in [0.4, 0.5) is 11.5 Å². The number of rotatable bonds is 4. The standard InChI is InChI=1S/C11H14N4S/c1-15(2)10-3-4-11(13-6-10)12-5-9-7-16-8-14-9/h3-4,6-8H,5H2,1-2H3,(H,12,13). The number of anilines is 2. The molecule has 0 saturated carbocycles. The van der Waals surface area contributed by atoms with Crippen LogP contribution in [0, 0.1) is 0 Å². The van der Waals surface area contributed by atoms with E-state index in [-0.39, 0.29) is 0 Å². The van der Waals surface area contributed by atoms with E-state index >= 15 is 0 Å². The van der Waals surface area contributed by atoms with Crippen LogP contribution in [0.25, 0.3) is 0 Å². The van der Waals surface area contributed by atoms with Crippen LogP contribution in [-0.2, 0) is 6.54 Å². The van der Waals surface area contributed by atoms with Crippen molar-refractivity contribution in [3.63, 3.8) is 0 Å². The fraction of sp³-hybridized carbons (Fsp3) is 0.273. The summed E-state index contributed by atoms with van der Waals surface area (Å²) >= 11 is 1.60. The molecule has 0 aliphatic heterocycles. The lowest BCUT2D eigenvalue weighted by molar-refractivity contribution is 1.05. The van der Waals surface area contributed by atoms with Gasteiger partial charge in [-0.25, -0.2) is 9.97 Å². The Hall–Kier alpha value is -1.62. The summed E-state index contributed by atoms with van der Waals surface area (Å²) in [7, 11) is 4.00. The predicted molar refractivity (Wildman–Crippen MR) is 68.0 cm³/mol. The molecule has 0 atom stereocenters. The lowest BCUT2D eigenvalue weighted by Crippen LogP contribution is -2.09. The molecule has 0 spiro atoms. The van der Waals surface area contributed by atoms with Crippen LogP contribution < -0.4 is 10.2 Å². The van der Waals surface area contributed by atoms with Gasteiger partial charge in [-0.1, -0.05) is 0 Å².